The summed E-state index contributed by atoms with van der Waals surface area (Å²) < 4.78 is 5.75. The molecule has 178 valence electrons. The number of hydrogen-bond acceptors (Lipinski definition) is 7. The largest absolute Gasteiger partial charge is 0.486 e. The quantitative estimate of drug-likeness (QED) is 0.428. The van der Waals surface area contributed by atoms with Gasteiger partial charge in [0.25, 0.3) is 11.8 Å². The van der Waals surface area contributed by atoms with Crippen LogP contribution in [0, 0.1) is 6.92 Å². The molecule has 2 aromatic carbocycles. The van der Waals surface area contributed by atoms with Crippen molar-refractivity contribution in [1.82, 2.24) is 20.4 Å². The fourth-order valence-corrected chi connectivity index (χ4v) is 4.40. The van der Waals surface area contributed by atoms with Gasteiger partial charge in [0.15, 0.2) is 5.01 Å². The number of nitrogens with zero attached hydrogens (tertiary/aromatic N) is 3. The van der Waals surface area contributed by atoms with Crippen molar-refractivity contribution in [2.45, 2.75) is 32.8 Å². The summed E-state index contributed by atoms with van der Waals surface area (Å²) in [5.41, 5.74) is 2.32. The van der Waals surface area contributed by atoms with Gasteiger partial charge in [0.1, 0.15) is 12.4 Å². The van der Waals surface area contributed by atoms with Crippen LogP contribution in [0.15, 0.2) is 48.5 Å². The standard InChI is InChI=1S/C25H29N5O3S/c1-18-7-2-3-8-21(18)27-24(32)25-29-28-22(34-25)17-33-20-11-9-19(10-12-20)23(31)26-13-6-16-30-14-4-5-15-30/h2-3,7-12H,4-6,13-17H2,1H3,(H,26,31)(H,27,32). The molecule has 1 aliphatic heterocycles. The summed E-state index contributed by atoms with van der Waals surface area (Å²) in [4.78, 5) is 27.2. The molecule has 0 saturated carbocycles. The molecule has 2 amide bonds. The summed E-state index contributed by atoms with van der Waals surface area (Å²) in [6.45, 7) is 6.18. The molecule has 1 aliphatic rings. The van der Waals surface area contributed by atoms with Crippen molar-refractivity contribution in [3.8, 4) is 5.75 Å². The maximum Gasteiger partial charge on any atom is 0.286 e. The molecular weight excluding hydrogens is 450 g/mol. The van der Waals surface area contributed by atoms with E-state index in [1.165, 1.54) is 37.3 Å². The molecular formula is C25H29N5O3S. The average molecular weight is 480 g/mol. The van der Waals surface area contributed by atoms with Gasteiger partial charge in [0.05, 0.1) is 0 Å². The van der Waals surface area contributed by atoms with Gasteiger partial charge in [-0.3, -0.25) is 9.59 Å². The number of aromatic nitrogens is 2. The fourth-order valence-electron chi connectivity index (χ4n) is 3.75. The zero-order valence-electron chi connectivity index (χ0n) is 19.3. The summed E-state index contributed by atoms with van der Waals surface area (Å²) in [5, 5.41) is 14.7. The van der Waals surface area contributed by atoms with Crippen LogP contribution >= 0.6 is 11.3 Å². The van der Waals surface area contributed by atoms with Crippen LogP contribution in [-0.4, -0.2) is 53.1 Å². The van der Waals surface area contributed by atoms with E-state index in [1.807, 2.05) is 31.2 Å². The summed E-state index contributed by atoms with van der Waals surface area (Å²) in [6.07, 6.45) is 3.52. The molecule has 4 rings (SSSR count). The monoisotopic (exact) mass is 479 g/mol. The highest BCUT2D eigenvalue weighted by Crippen LogP contribution is 2.19. The Balaban J connectivity index is 1.21. The number of rotatable bonds is 10. The van der Waals surface area contributed by atoms with Crippen LogP contribution in [0.3, 0.4) is 0 Å². The van der Waals surface area contributed by atoms with E-state index >= 15 is 0 Å². The number of ether oxygens (including phenoxy) is 1. The Morgan fingerprint density at radius 2 is 1.79 bits per heavy atom. The third kappa shape index (κ3) is 6.61. The summed E-state index contributed by atoms with van der Waals surface area (Å²) in [6, 6.07) is 14.6. The van der Waals surface area contributed by atoms with Crippen molar-refractivity contribution in [1.29, 1.82) is 0 Å². The number of carbonyl (C=O) groups is 2. The highest BCUT2D eigenvalue weighted by Gasteiger charge is 2.15. The highest BCUT2D eigenvalue weighted by atomic mass is 32.1. The number of carbonyl (C=O) groups excluding carboxylic acids is 2. The number of aryl methyl sites for hydroxylation is 1. The predicted octanol–water partition coefficient (Wildman–Crippen LogP) is 3.89. The van der Waals surface area contributed by atoms with E-state index in [0.717, 1.165) is 24.2 Å². The summed E-state index contributed by atoms with van der Waals surface area (Å²) in [7, 11) is 0. The lowest BCUT2D eigenvalue weighted by atomic mass is 10.2. The lowest BCUT2D eigenvalue weighted by molar-refractivity contribution is 0.0951. The van der Waals surface area contributed by atoms with E-state index in [4.69, 9.17) is 4.74 Å². The van der Waals surface area contributed by atoms with Crippen LogP contribution in [0.25, 0.3) is 0 Å². The third-order valence-electron chi connectivity index (χ3n) is 5.67. The van der Waals surface area contributed by atoms with Crippen LogP contribution in [0.1, 0.15) is 50.0 Å². The Hall–Kier alpha value is -3.30. The SMILES string of the molecule is Cc1ccccc1NC(=O)c1nnc(COc2ccc(C(=O)NCCCN3CCCC3)cc2)s1. The van der Waals surface area contributed by atoms with Crippen LogP contribution in [0.5, 0.6) is 5.75 Å². The first-order valence-electron chi connectivity index (χ1n) is 11.5. The van der Waals surface area contributed by atoms with Crippen LogP contribution in [-0.2, 0) is 6.61 Å². The average Bonchev–Trinajstić information content (AvgIpc) is 3.55. The molecule has 0 bridgehead atoms. The Kier molecular flexibility index (Phi) is 8.21. The minimum absolute atomic E-state index is 0.0820. The van der Waals surface area contributed by atoms with E-state index in [-0.39, 0.29) is 23.4 Å². The summed E-state index contributed by atoms with van der Waals surface area (Å²) >= 11 is 1.19. The maximum absolute atomic E-state index is 12.4. The van der Waals surface area contributed by atoms with E-state index in [2.05, 4.69) is 25.7 Å². The van der Waals surface area contributed by atoms with Crippen molar-refractivity contribution in [2.24, 2.45) is 0 Å². The Morgan fingerprint density at radius 1 is 1.03 bits per heavy atom. The van der Waals surface area contributed by atoms with Crippen molar-refractivity contribution in [3.05, 3.63) is 69.7 Å². The lowest BCUT2D eigenvalue weighted by Gasteiger charge is -2.14. The Labute approximate surface area is 203 Å². The van der Waals surface area contributed by atoms with Gasteiger partial charge >= 0.3 is 0 Å². The van der Waals surface area contributed by atoms with Gasteiger partial charge < -0.3 is 20.3 Å². The van der Waals surface area contributed by atoms with Crippen LogP contribution in [0.2, 0.25) is 0 Å². The Bertz CT molecular complexity index is 1110. The zero-order valence-corrected chi connectivity index (χ0v) is 20.1. The van der Waals surface area contributed by atoms with E-state index in [9.17, 15) is 9.59 Å². The first-order chi connectivity index (χ1) is 16.6. The summed E-state index contributed by atoms with van der Waals surface area (Å²) in [5.74, 6) is 0.238. The second-order valence-electron chi connectivity index (χ2n) is 8.24. The van der Waals surface area contributed by atoms with E-state index in [1.54, 1.807) is 24.3 Å². The van der Waals surface area contributed by atoms with Crippen molar-refractivity contribution < 1.29 is 14.3 Å². The first-order valence-corrected chi connectivity index (χ1v) is 12.3. The van der Waals surface area contributed by atoms with Crippen molar-refractivity contribution >= 4 is 28.8 Å². The molecule has 1 aromatic heterocycles. The molecule has 34 heavy (non-hydrogen) atoms. The van der Waals surface area contributed by atoms with Gasteiger partial charge in [-0.15, -0.1) is 10.2 Å². The van der Waals surface area contributed by atoms with Gasteiger partial charge in [-0.25, -0.2) is 0 Å². The van der Waals surface area contributed by atoms with Gasteiger partial charge in [-0.1, -0.05) is 29.5 Å². The minimum atomic E-state index is -0.297. The first kappa shape index (κ1) is 23.8. The molecule has 1 saturated heterocycles. The molecule has 9 heteroatoms. The van der Waals surface area contributed by atoms with E-state index < -0.39 is 0 Å². The number of anilines is 1. The zero-order chi connectivity index (χ0) is 23.8. The molecule has 8 nitrogen and oxygen atoms in total. The molecule has 3 aromatic rings. The van der Waals surface area contributed by atoms with Gasteiger partial charge in [-0.05, 0) is 81.7 Å². The second-order valence-corrected chi connectivity index (χ2v) is 9.30. The van der Waals surface area contributed by atoms with Gasteiger partial charge in [0, 0.05) is 17.8 Å². The molecule has 0 radical (unpaired) electrons. The lowest BCUT2D eigenvalue weighted by Crippen LogP contribution is -2.28. The number of para-hydroxylation sites is 1. The highest BCUT2D eigenvalue weighted by molar-refractivity contribution is 7.13. The molecule has 2 N–H and O–H groups in total. The van der Waals surface area contributed by atoms with Gasteiger partial charge in [0.2, 0.25) is 5.01 Å². The molecule has 0 aliphatic carbocycles. The van der Waals surface area contributed by atoms with Crippen LogP contribution < -0.4 is 15.4 Å². The smallest absolute Gasteiger partial charge is 0.286 e. The topological polar surface area (TPSA) is 96.5 Å². The number of nitrogens with one attached hydrogen (secondary N) is 2. The minimum Gasteiger partial charge on any atom is -0.486 e. The van der Waals surface area contributed by atoms with Gasteiger partial charge in [-0.2, -0.15) is 0 Å². The third-order valence-corrected chi connectivity index (χ3v) is 6.56. The number of hydrogen-bond donors (Lipinski definition) is 2. The number of amides is 2. The Morgan fingerprint density at radius 3 is 2.56 bits per heavy atom. The molecule has 2 heterocycles. The van der Waals surface area contributed by atoms with Crippen molar-refractivity contribution in [2.75, 3.05) is 31.5 Å². The normalized spacial score (nSPS) is 13.6. The second kappa shape index (κ2) is 11.7. The molecule has 0 atom stereocenters. The van der Waals surface area contributed by atoms with Crippen LogP contribution in [0.4, 0.5) is 5.69 Å². The molecule has 1 fully saturated rings. The fraction of sp³-hybridized carbons (Fsp3) is 0.360. The molecule has 0 spiro atoms. The van der Waals surface area contributed by atoms with E-state index in [0.29, 0.717) is 22.9 Å². The number of benzene rings is 2. The number of likely N-dealkylation sites (tertiary alicyclic amines) is 1. The maximum atomic E-state index is 12.4. The predicted molar refractivity (Wildman–Crippen MR) is 132 cm³/mol. The van der Waals surface area contributed by atoms with Crippen molar-refractivity contribution in [3.63, 3.8) is 0 Å². The molecule has 0 unspecified atom stereocenters.